The number of likely N-dealkylation sites (N-methyl/N-ethyl adjacent to an activating group) is 1. The van der Waals surface area contributed by atoms with E-state index in [1.54, 1.807) is 35.2 Å². The fourth-order valence-electron chi connectivity index (χ4n) is 3.71. The van der Waals surface area contributed by atoms with E-state index in [4.69, 9.17) is 0 Å². The lowest BCUT2D eigenvalue weighted by molar-refractivity contribution is 0.174. The lowest BCUT2D eigenvalue weighted by Crippen LogP contribution is -2.48. The number of rotatable bonds is 12. The van der Waals surface area contributed by atoms with E-state index in [2.05, 4.69) is 29.0 Å². The second-order valence-electron chi connectivity index (χ2n) is 7.78. The van der Waals surface area contributed by atoms with Gasteiger partial charge in [-0.2, -0.15) is 0 Å². The average molecular weight is 439 g/mol. The number of nitrogens with zero attached hydrogens (tertiary/aromatic N) is 3. The zero-order valence-electron chi connectivity index (χ0n) is 18.6. The van der Waals surface area contributed by atoms with Crippen molar-refractivity contribution in [2.24, 2.45) is 0 Å². The molecule has 0 bridgehead atoms. The van der Waals surface area contributed by atoms with E-state index in [1.165, 1.54) is 19.3 Å². The quantitative estimate of drug-likeness (QED) is 0.542. The third-order valence-corrected chi connectivity index (χ3v) is 7.46. The van der Waals surface area contributed by atoms with Crippen LogP contribution in [0.1, 0.15) is 33.1 Å². The van der Waals surface area contributed by atoms with Gasteiger partial charge >= 0.3 is 6.03 Å². The predicted octanol–water partition coefficient (Wildman–Crippen LogP) is 2.30. The summed E-state index contributed by atoms with van der Waals surface area (Å²) in [4.78, 5) is 19.4. The first-order valence-corrected chi connectivity index (χ1v) is 12.9. The van der Waals surface area contributed by atoms with Crippen LogP contribution in [0.2, 0.25) is 0 Å². The van der Waals surface area contributed by atoms with Crippen molar-refractivity contribution in [1.29, 1.82) is 0 Å². The van der Waals surface area contributed by atoms with Gasteiger partial charge in [-0.15, -0.1) is 0 Å². The Kier molecular flexibility index (Phi) is 10.6. The minimum Gasteiger partial charge on any atom is -0.337 e. The molecule has 1 fully saturated rings. The Balaban J connectivity index is 1.94. The minimum absolute atomic E-state index is 0.0690. The summed E-state index contributed by atoms with van der Waals surface area (Å²) in [7, 11) is -3.42. The van der Waals surface area contributed by atoms with Gasteiger partial charge in [-0.1, -0.05) is 38.5 Å². The molecule has 8 heteroatoms. The number of sulfone groups is 1. The number of urea groups is 1. The van der Waals surface area contributed by atoms with E-state index in [0.29, 0.717) is 18.0 Å². The molecule has 0 radical (unpaired) electrons. The van der Waals surface area contributed by atoms with Gasteiger partial charge in [0, 0.05) is 32.7 Å². The van der Waals surface area contributed by atoms with Crippen molar-refractivity contribution in [1.82, 2.24) is 20.0 Å². The molecule has 1 aromatic rings. The van der Waals surface area contributed by atoms with Gasteiger partial charge in [-0.25, -0.2) is 13.2 Å². The molecule has 170 valence electrons. The first-order valence-electron chi connectivity index (χ1n) is 11.2. The molecule has 0 aliphatic carbocycles. The fraction of sp³-hybridized carbons (Fsp3) is 0.682. The lowest BCUT2D eigenvalue weighted by Gasteiger charge is -2.30. The van der Waals surface area contributed by atoms with Crippen LogP contribution in [0.5, 0.6) is 0 Å². The van der Waals surface area contributed by atoms with E-state index in [0.717, 1.165) is 39.3 Å². The number of nitrogens with one attached hydrogen (secondary N) is 1. The van der Waals surface area contributed by atoms with Crippen LogP contribution in [0.15, 0.2) is 35.2 Å². The maximum absolute atomic E-state index is 12.8. The van der Waals surface area contributed by atoms with Gasteiger partial charge in [0.2, 0.25) is 0 Å². The summed E-state index contributed by atoms with van der Waals surface area (Å²) in [6, 6.07) is 8.28. The van der Waals surface area contributed by atoms with Gasteiger partial charge in [0.25, 0.3) is 0 Å². The van der Waals surface area contributed by atoms with Crippen molar-refractivity contribution < 1.29 is 13.2 Å². The second kappa shape index (κ2) is 12.9. The van der Waals surface area contributed by atoms with Crippen molar-refractivity contribution in [3.05, 3.63) is 30.3 Å². The highest BCUT2D eigenvalue weighted by Crippen LogP contribution is 2.11. The highest BCUT2D eigenvalue weighted by Gasteiger charge is 2.21. The van der Waals surface area contributed by atoms with E-state index < -0.39 is 9.84 Å². The lowest BCUT2D eigenvalue weighted by atomic mass is 10.1. The molecule has 1 aliphatic heterocycles. The molecule has 7 nitrogen and oxygen atoms in total. The Morgan fingerprint density at radius 3 is 2.30 bits per heavy atom. The molecule has 0 spiro atoms. The van der Waals surface area contributed by atoms with Crippen LogP contribution >= 0.6 is 0 Å². The van der Waals surface area contributed by atoms with Crippen molar-refractivity contribution in [3.8, 4) is 0 Å². The van der Waals surface area contributed by atoms with Crippen LogP contribution in [-0.4, -0.2) is 93.8 Å². The topological polar surface area (TPSA) is 73.0 Å². The monoisotopic (exact) mass is 438 g/mol. The Morgan fingerprint density at radius 2 is 1.67 bits per heavy atom. The Morgan fingerprint density at radius 1 is 1.00 bits per heavy atom. The normalized spacial score (nSPS) is 15.3. The van der Waals surface area contributed by atoms with E-state index >= 15 is 0 Å². The first-order chi connectivity index (χ1) is 14.5. The molecule has 30 heavy (non-hydrogen) atoms. The van der Waals surface area contributed by atoms with Crippen LogP contribution in [0, 0.1) is 0 Å². The van der Waals surface area contributed by atoms with Gasteiger partial charge in [0.05, 0.1) is 10.6 Å². The molecule has 2 amide bonds. The first kappa shape index (κ1) is 24.6. The number of amides is 2. The van der Waals surface area contributed by atoms with Crippen molar-refractivity contribution >= 4 is 15.9 Å². The zero-order valence-corrected chi connectivity index (χ0v) is 19.4. The molecular weight excluding hydrogens is 400 g/mol. The van der Waals surface area contributed by atoms with Gasteiger partial charge in [-0.3, -0.25) is 0 Å². The molecule has 1 aliphatic rings. The van der Waals surface area contributed by atoms with Crippen molar-refractivity contribution in [2.45, 2.75) is 38.0 Å². The molecule has 1 aromatic carbocycles. The van der Waals surface area contributed by atoms with Crippen molar-refractivity contribution in [2.75, 3.05) is 64.7 Å². The number of piperidine rings is 1. The molecule has 0 unspecified atom stereocenters. The maximum atomic E-state index is 12.8. The van der Waals surface area contributed by atoms with Crippen LogP contribution < -0.4 is 5.32 Å². The number of likely N-dealkylation sites (tertiary alicyclic amines) is 1. The molecule has 0 saturated carbocycles. The van der Waals surface area contributed by atoms with Crippen molar-refractivity contribution in [3.63, 3.8) is 0 Å². The third kappa shape index (κ3) is 8.24. The molecule has 1 heterocycles. The molecule has 2 rings (SSSR count). The predicted molar refractivity (Wildman–Crippen MR) is 122 cm³/mol. The summed E-state index contributed by atoms with van der Waals surface area (Å²) in [5, 5.41) is 2.98. The summed E-state index contributed by atoms with van der Waals surface area (Å²) < 4.78 is 25.3. The zero-order chi connectivity index (χ0) is 21.8. The van der Waals surface area contributed by atoms with Crippen LogP contribution in [0.4, 0.5) is 4.79 Å². The number of hydrogen-bond acceptors (Lipinski definition) is 5. The number of hydrogen-bond donors (Lipinski definition) is 1. The van der Waals surface area contributed by atoms with E-state index in [9.17, 15) is 13.2 Å². The standard InChI is InChI=1S/C22H38N4O3S/c1-3-24(4-2)16-13-23-22(27)26(18-17-25-14-9-6-10-15-25)19-20-30(28,29)21-11-7-5-8-12-21/h5,7-8,11-12H,3-4,6,9-10,13-20H2,1-2H3,(H,23,27). The average Bonchev–Trinajstić information content (AvgIpc) is 2.78. The summed E-state index contributed by atoms with van der Waals surface area (Å²) in [6.45, 7) is 11.1. The second-order valence-corrected chi connectivity index (χ2v) is 9.89. The van der Waals surface area contributed by atoms with Gasteiger partial charge in [0.15, 0.2) is 9.84 Å². The van der Waals surface area contributed by atoms with Gasteiger partial charge < -0.3 is 20.0 Å². The Hall–Kier alpha value is -1.64. The van der Waals surface area contributed by atoms with E-state index in [-0.39, 0.29) is 18.3 Å². The highest BCUT2D eigenvalue weighted by atomic mass is 32.2. The van der Waals surface area contributed by atoms with Gasteiger partial charge in [0.1, 0.15) is 0 Å². The highest BCUT2D eigenvalue weighted by molar-refractivity contribution is 7.91. The largest absolute Gasteiger partial charge is 0.337 e. The van der Waals surface area contributed by atoms with E-state index in [1.807, 2.05) is 0 Å². The van der Waals surface area contributed by atoms with Crippen LogP contribution in [0.25, 0.3) is 0 Å². The molecule has 1 N–H and O–H groups in total. The Bertz CT molecular complexity index is 717. The summed E-state index contributed by atoms with van der Waals surface area (Å²) in [5.41, 5.74) is 0. The van der Waals surface area contributed by atoms with Crippen LogP contribution in [0.3, 0.4) is 0 Å². The minimum atomic E-state index is -3.42. The number of benzene rings is 1. The van der Waals surface area contributed by atoms with Crippen LogP contribution in [-0.2, 0) is 9.84 Å². The smallest absolute Gasteiger partial charge is 0.317 e. The molecule has 0 atom stereocenters. The summed E-state index contributed by atoms with van der Waals surface area (Å²) >= 11 is 0. The number of carbonyl (C=O) groups is 1. The molecule has 1 saturated heterocycles. The maximum Gasteiger partial charge on any atom is 0.317 e. The third-order valence-electron chi connectivity index (χ3n) is 5.75. The number of carbonyl (C=O) groups excluding carboxylic acids is 1. The fourth-order valence-corrected chi connectivity index (χ4v) is 4.98. The van der Waals surface area contributed by atoms with Gasteiger partial charge in [-0.05, 0) is 51.2 Å². The molecular formula is C22H38N4O3S. The summed E-state index contributed by atoms with van der Waals surface area (Å²) in [6.07, 6.45) is 3.65. The SMILES string of the molecule is CCN(CC)CCNC(=O)N(CCN1CCCCC1)CCS(=O)(=O)c1ccccc1. The summed E-state index contributed by atoms with van der Waals surface area (Å²) in [5.74, 6) is -0.0690. The molecule has 0 aromatic heterocycles. The Labute approximate surface area is 182 Å².